The summed E-state index contributed by atoms with van der Waals surface area (Å²) in [7, 11) is 0. The molecule has 1 unspecified atom stereocenters. The third-order valence-electron chi connectivity index (χ3n) is 4.69. The number of benzene rings is 1. The van der Waals surface area contributed by atoms with E-state index in [1.54, 1.807) is 4.68 Å². The minimum Gasteiger partial charge on any atom is -0.321 e. The number of halogens is 3. The number of nitrogens with zero attached hydrogens (tertiary/aromatic N) is 5. The molecule has 0 aliphatic carbocycles. The van der Waals surface area contributed by atoms with Crippen molar-refractivity contribution in [2.75, 3.05) is 5.32 Å². The molecular weight excluding hydrogens is 397 g/mol. The summed E-state index contributed by atoms with van der Waals surface area (Å²) >= 11 is 0. The van der Waals surface area contributed by atoms with Crippen LogP contribution in [-0.4, -0.2) is 30.5 Å². The van der Waals surface area contributed by atoms with Gasteiger partial charge in [-0.25, -0.2) is 14.3 Å². The first kappa shape index (κ1) is 21.5. The first-order valence-corrected chi connectivity index (χ1v) is 9.45. The van der Waals surface area contributed by atoms with E-state index < -0.39 is 23.9 Å². The van der Waals surface area contributed by atoms with Gasteiger partial charge in [-0.2, -0.15) is 18.3 Å². The molecule has 0 spiro atoms. The largest absolute Gasteiger partial charge is 0.453 e. The van der Waals surface area contributed by atoms with Crippen LogP contribution in [0.4, 0.5) is 18.9 Å². The molecule has 3 aromatic rings. The summed E-state index contributed by atoms with van der Waals surface area (Å²) in [5.41, 5.74) is 3.24. The number of carbonyl (C=O) groups is 1. The Labute approximate surface area is 171 Å². The van der Waals surface area contributed by atoms with Crippen molar-refractivity contribution >= 4 is 11.6 Å². The second-order valence-corrected chi connectivity index (χ2v) is 7.44. The molecule has 0 bridgehead atoms. The fraction of sp³-hybridized carbons (Fsp3) is 0.400. The number of amides is 1. The lowest BCUT2D eigenvalue weighted by Gasteiger charge is -2.16. The van der Waals surface area contributed by atoms with Crippen molar-refractivity contribution in [1.82, 2.24) is 24.5 Å². The number of aryl methyl sites for hydroxylation is 2. The Balaban J connectivity index is 1.88. The Bertz CT molecular complexity index is 1050. The zero-order valence-electron chi connectivity index (χ0n) is 17.3. The normalized spacial score (nSPS) is 13.0. The third-order valence-corrected chi connectivity index (χ3v) is 4.69. The molecule has 1 atom stereocenters. The van der Waals surface area contributed by atoms with Crippen molar-refractivity contribution in [3.63, 3.8) is 0 Å². The topological polar surface area (TPSA) is 77.6 Å². The predicted molar refractivity (Wildman–Crippen MR) is 105 cm³/mol. The number of rotatable bonds is 5. The van der Waals surface area contributed by atoms with E-state index in [2.05, 4.69) is 20.5 Å². The second kappa shape index (κ2) is 7.92. The maximum absolute atomic E-state index is 12.9. The maximum atomic E-state index is 12.9. The maximum Gasteiger partial charge on any atom is 0.453 e. The summed E-state index contributed by atoms with van der Waals surface area (Å²) in [6.45, 7) is 8.77. The Morgan fingerprint density at radius 1 is 1.10 bits per heavy atom. The molecule has 2 aromatic heterocycles. The van der Waals surface area contributed by atoms with Crippen molar-refractivity contribution in [3.8, 4) is 5.69 Å². The van der Waals surface area contributed by atoms with E-state index in [-0.39, 0.29) is 11.7 Å². The van der Waals surface area contributed by atoms with Gasteiger partial charge in [0.15, 0.2) is 0 Å². The standard InChI is InChI=1S/C20H23F3N6O/c1-11(2)17-16(10-24-29(17)15-8-6-12(3)7-9-15)26-18(30)13(4)28-14(5)25-19(27-28)20(21,22)23/h6-11,13H,1-5H3,(H,26,30). The molecule has 1 aromatic carbocycles. The summed E-state index contributed by atoms with van der Waals surface area (Å²) in [6.07, 6.45) is -3.14. The van der Waals surface area contributed by atoms with E-state index in [4.69, 9.17) is 0 Å². The summed E-state index contributed by atoms with van der Waals surface area (Å²) in [4.78, 5) is 16.2. The SMILES string of the molecule is Cc1ccc(-n2ncc(NC(=O)C(C)n3nc(C(F)(F)F)nc3C)c2C(C)C)cc1. The van der Waals surface area contributed by atoms with Crippen LogP contribution in [0.5, 0.6) is 0 Å². The van der Waals surface area contributed by atoms with Crippen molar-refractivity contribution < 1.29 is 18.0 Å². The Hall–Kier alpha value is -3.17. The van der Waals surface area contributed by atoms with Gasteiger partial charge in [0.25, 0.3) is 5.82 Å². The molecule has 160 valence electrons. The highest BCUT2D eigenvalue weighted by molar-refractivity contribution is 5.94. The van der Waals surface area contributed by atoms with Gasteiger partial charge >= 0.3 is 6.18 Å². The molecule has 1 amide bonds. The molecule has 3 rings (SSSR count). The van der Waals surface area contributed by atoms with Crippen LogP contribution in [0.25, 0.3) is 5.69 Å². The van der Waals surface area contributed by atoms with Crippen molar-refractivity contribution in [3.05, 3.63) is 53.4 Å². The van der Waals surface area contributed by atoms with Crippen LogP contribution in [-0.2, 0) is 11.0 Å². The molecule has 0 fully saturated rings. The number of alkyl halides is 3. The van der Waals surface area contributed by atoms with Crippen LogP contribution in [0.3, 0.4) is 0 Å². The molecule has 0 aliphatic heterocycles. The molecule has 10 heteroatoms. The monoisotopic (exact) mass is 420 g/mol. The Kier molecular flexibility index (Phi) is 5.69. The highest BCUT2D eigenvalue weighted by Crippen LogP contribution is 2.29. The summed E-state index contributed by atoms with van der Waals surface area (Å²) < 4.78 is 41.3. The Morgan fingerprint density at radius 3 is 2.27 bits per heavy atom. The highest BCUT2D eigenvalue weighted by Gasteiger charge is 2.37. The van der Waals surface area contributed by atoms with E-state index in [0.29, 0.717) is 5.69 Å². The van der Waals surface area contributed by atoms with Crippen molar-refractivity contribution in [1.29, 1.82) is 0 Å². The third kappa shape index (κ3) is 4.22. The molecule has 2 heterocycles. The number of nitrogens with one attached hydrogen (secondary N) is 1. The zero-order chi connectivity index (χ0) is 22.2. The van der Waals surface area contributed by atoms with Crippen molar-refractivity contribution in [2.24, 2.45) is 0 Å². The molecule has 0 radical (unpaired) electrons. The van der Waals surface area contributed by atoms with Crippen LogP contribution in [0.15, 0.2) is 30.5 Å². The van der Waals surface area contributed by atoms with Crippen LogP contribution >= 0.6 is 0 Å². The minimum absolute atomic E-state index is 0.00408. The van der Waals surface area contributed by atoms with Gasteiger partial charge in [0.2, 0.25) is 5.91 Å². The van der Waals surface area contributed by atoms with Crippen LogP contribution < -0.4 is 5.32 Å². The fourth-order valence-electron chi connectivity index (χ4n) is 3.14. The molecule has 0 saturated heterocycles. The summed E-state index contributed by atoms with van der Waals surface area (Å²) in [6, 6.07) is 6.80. The zero-order valence-corrected chi connectivity index (χ0v) is 17.3. The van der Waals surface area contributed by atoms with Crippen LogP contribution in [0, 0.1) is 13.8 Å². The lowest BCUT2D eigenvalue weighted by Crippen LogP contribution is -2.26. The van der Waals surface area contributed by atoms with E-state index in [1.807, 2.05) is 45.0 Å². The Morgan fingerprint density at radius 2 is 1.73 bits per heavy atom. The van der Waals surface area contributed by atoms with Crippen molar-refractivity contribution in [2.45, 2.75) is 52.8 Å². The lowest BCUT2D eigenvalue weighted by atomic mass is 10.1. The van der Waals surface area contributed by atoms with Gasteiger partial charge in [0.1, 0.15) is 11.9 Å². The lowest BCUT2D eigenvalue weighted by molar-refractivity contribution is -0.145. The van der Waals surface area contributed by atoms with Crippen LogP contribution in [0.1, 0.15) is 55.6 Å². The van der Waals surface area contributed by atoms with E-state index in [9.17, 15) is 18.0 Å². The van der Waals surface area contributed by atoms with Gasteiger partial charge < -0.3 is 5.32 Å². The van der Waals surface area contributed by atoms with E-state index in [0.717, 1.165) is 21.6 Å². The molecule has 0 aliphatic rings. The molecule has 7 nitrogen and oxygen atoms in total. The molecular formula is C20H23F3N6O. The first-order chi connectivity index (χ1) is 14.0. The first-order valence-electron chi connectivity index (χ1n) is 9.45. The smallest absolute Gasteiger partial charge is 0.321 e. The predicted octanol–water partition coefficient (Wildman–Crippen LogP) is 4.42. The number of carbonyl (C=O) groups excluding carboxylic acids is 1. The quantitative estimate of drug-likeness (QED) is 0.663. The average Bonchev–Trinajstić information content (AvgIpc) is 3.25. The van der Waals surface area contributed by atoms with Gasteiger partial charge in [-0.05, 0) is 38.8 Å². The van der Waals surface area contributed by atoms with Gasteiger partial charge in [0, 0.05) is 0 Å². The highest BCUT2D eigenvalue weighted by atomic mass is 19.4. The molecule has 0 saturated carbocycles. The number of aromatic nitrogens is 5. The summed E-state index contributed by atoms with van der Waals surface area (Å²) in [5, 5.41) is 10.6. The fourth-order valence-corrected chi connectivity index (χ4v) is 3.14. The summed E-state index contributed by atoms with van der Waals surface area (Å²) in [5.74, 6) is -1.74. The number of hydrogen-bond donors (Lipinski definition) is 1. The van der Waals surface area contributed by atoms with Gasteiger partial charge in [-0.15, -0.1) is 5.10 Å². The van der Waals surface area contributed by atoms with Gasteiger partial charge in [-0.3, -0.25) is 4.79 Å². The second-order valence-electron chi connectivity index (χ2n) is 7.44. The van der Waals surface area contributed by atoms with Gasteiger partial charge in [-0.1, -0.05) is 31.5 Å². The van der Waals surface area contributed by atoms with Gasteiger partial charge in [0.05, 0.1) is 23.3 Å². The molecule has 1 N–H and O–H groups in total. The van der Waals surface area contributed by atoms with Crippen LogP contribution in [0.2, 0.25) is 0 Å². The minimum atomic E-state index is -4.67. The van der Waals surface area contributed by atoms with E-state index in [1.165, 1.54) is 20.0 Å². The average molecular weight is 420 g/mol. The van der Waals surface area contributed by atoms with E-state index >= 15 is 0 Å². The number of hydrogen-bond acceptors (Lipinski definition) is 4. The number of anilines is 1. The molecule has 30 heavy (non-hydrogen) atoms.